The Morgan fingerprint density at radius 2 is 2.15 bits per heavy atom. The second-order valence-electron chi connectivity index (χ2n) is 6.96. The highest BCUT2D eigenvalue weighted by Crippen LogP contribution is 2.16. The summed E-state index contributed by atoms with van der Waals surface area (Å²) in [5, 5.41) is 2.98. The smallest absolute Gasteiger partial charge is 0.255 e. The van der Waals surface area contributed by atoms with Gasteiger partial charge in [-0.2, -0.15) is 0 Å². The maximum atomic E-state index is 12.4. The molecule has 2 aliphatic rings. The number of aromatic amines is 1. The van der Waals surface area contributed by atoms with Gasteiger partial charge in [-0.1, -0.05) is 0 Å². The fourth-order valence-corrected chi connectivity index (χ4v) is 3.47. The van der Waals surface area contributed by atoms with Crippen molar-refractivity contribution in [2.75, 3.05) is 37.8 Å². The highest BCUT2D eigenvalue weighted by Gasteiger charge is 2.24. The van der Waals surface area contributed by atoms with E-state index in [0.717, 1.165) is 19.4 Å². The summed E-state index contributed by atoms with van der Waals surface area (Å²) in [6.45, 7) is 7.24. The van der Waals surface area contributed by atoms with Gasteiger partial charge in [0.25, 0.3) is 5.56 Å². The third-order valence-corrected chi connectivity index (χ3v) is 5.03. The van der Waals surface area contributed by atoms with Crippen LogP contribution in [0.4, 0.5) is 5.95 Å². The summed E-state index contributed by atoms with van der Waals surface area (Å²) in [6, 6.07) is -0.00815. The van der Waals surface area contributed by atoms with Gasteiger partial charge in [-0.05, 0) is 33.1 Å². The summed E-state index contributed by atoms with van der Waals surface area (Å²) >= 11 is 0. The molecule has 8 heteroatoms. The molecule has 2 atom stereocenters. The van der Waals surface area contributed by atoms with Crippen LogP contribution in [0.3, 0.4) is 0 Å². The molecule has 1 amide bonds. The van der Waals surface area contributed by atoms with Gasteiger partial charge < -0.3 is 19.7 Å². The van der Waals surface area contributed by atoms with Crippen LogP contribution in [0.5, 0.6) is 0 Å². The summed E-state index contributed by atoms with van der Waals surface area (Å²) < 4.78 is 10.9. The van der Waals surface area contributed by atoms with Gasteiger partial charge in [-0.3, -0.25) is 14.6 Å². The number of amides is 1. The van der Waals surface area contributed by atoms with E-state index in [1.807, 2.05) is 18.7 Å². The van der Waals surface area contributed by atoms with Gasteiger partial charge in [0, 0.05) is 37.4 Å². The van der Waals surface area contributed by atoms with E-state index in [0.29, 0.717) is 49.9 Å². The molecule has 1 aromatic heterocycles. The van der Waals surface area contributed by atoms with Crippen molar-refractivity contribution < 1.29 is 14.3 Å². The van der Waals surface area contributed by atoms with Gasteiger partial charge in [0.05, 0.1) is 25.4 Å². The van der Waals surface area contributed by atoms with Crippen LogP contribution in [0.2, 0.25) is 0 Å². The summed E-state index contributed by atoms with van der Waals surface area (Å²) in [6.07, 6.45) is 2.76. The standard InChI is InChI=1S/C18H28N4O4/c1-12-14(5-6-16(23)19-13(2)15-4-3-9-26-15)17(24)21-18(20-12)22-7-10-25-11-8-22/h13,15H,3-11H2,1-2H3,(H,19,23)(H,20,21,24). The first-order valence-electron chi connectivity index (χ1n) is 9.38. The molecule has 0 radical (unpaired) electrons. The van der Waals surface area contributed by atoms with E-state index in [2.05, 4.69) is 15.3 Å². The zero-order valence-electron chi connectivity index (χ0n) is 15.5. The van der Waals surface area contributed by atoms with Crippen LogP contribution in [0.15, 0.2) is 4.79 Å². The maximum Gasteiger partial charge on any atom is 0.255 e. The van der Waals surface area contributed by atoms with E-state index in [-0.39, 0.29) is 30.0 Å². The van der Waals surface area contributed by atoms with Crippen molar-refractivity contribution in [2.45, 2.75) is 51.7 Å². The van der Waals surface area contributed by atoms with Crippen molar-refractivity contribution in [3.05, 3.63) is 21.6 Å². The average Bonchev–Trinajstić information content (AvgIpc) is 3.16. The van der Waals surface area contributed by atoms with Crippen LogP contribution >= 0.6 is 0 Å². The molecule has 3 heterocycles. The minimum Gasteiger partial charge on any atom is -0.378 e. The maximum absolute atomic E-state index is 12.4. The Bertz CT molecular complexity index is 678. The number of carbonyl (C=O) groups is 1. The van der Waals surface area contributed by atoms with Crippen LogP contribution in [0, 0.1) is 6.92 Å². The highest BCUT2D eigenvalue weighted by molar-refractivity contribution is 5.76. The number of rotatable bonds is 6. The quantitative estimate of drug-likeness (QED) is 0.764. The number of carbonyl (C=O) groups excluding carboxylic acids is 1. The lowest BCUT2D eigenvalue weighted by atomic mass is 10.1. The fourth-order valence-electron chi connectivity index (χ4n) is 3.47. The molecule has 3 rings (SSSR count). The third kappa shape index (κ3) is 4.62. The van der Waals surface area contributed by atoms with Gasteiger partial charge in [-0.25, -0.2) is 4.98 Å². The SMILES string of the molecule is Cc1nc(N2CCOCC2)[nH]c(=O)c1CCC(=O)NC(C)C1CCCO1. The Hall–Kier alpha value is -1.93. The number of aryl methyl sites for hydroxylation is 1. The number of H-pyrrole nitrogens is 1. The van der Waals surface area contributed by atoms with E-state index >= 15 is 0 Å². The number of nitrogens with one attached hydrogen (secondary N) is 2. The monoisotopic (exact) mass is 364 g/mol. The Labute approximate surface area is 153 Å². The molecule has 26 heavy (non-hydrogen) atoms. The number of anilines is 1. The molecule has 0 saturated carbocycles. The number of nitrogens with zero attached hydrogens (tertiary/aromatic N) is 2. The molecule has 0 bridgehead atoms. The zero-order chi connectivity index (χ0) is 18.5. The van der Waals surface area contributed by atoms with E-state index in [4.69, 9.17) is 9.47 Å². The molecule has 0 spiro atoms. The lowest BCUT2D eigenvalue weighted by Crippen LogP contribution is -2.41. The zero-order valence-corrected chi connectivity index (χ0v) is 15.5. The molecule has 2 N–H and O–H groups in total. The van der Waals surface area contributed by atoms with Crippen molar-refractivity contribution >= 4 is 11.9 Å². The van der Waals surface area contributed by atoms with E-state index in [1.165, 1.54) is 0 Å². The number of ether oxygens (including phenoxy) is 2. The summed E-state index contributed by atoms with van der Waals surface area (Å²) in [5.41, 5.74) is 1.08. The molecule has 2 saturated heterocycles. The van der Waals surface area contributed by atoms with Crippen LogP contribution in [0.25, 0.3) is 0 Å². The molecule has 0 aromatic carbocycles. The van der Waals surface area contributed by atoms with Crippen molar-refractivity contribution in [1.82, 2.24) is 15.3 Å². The third-order valence-electron chi connectivity index (χ3n) is 5.03. The van der Waals surface area contributed by atoms with Gasteiger partial charge in [0.15, 0.2) is 0 Å². The molecule has 8 nitrogen and oxygen atoms in total. The van der Waals surface area contributed by atoms with Crippen LogP contribution in [-0.4, -0.2) is 60.9 Å². The van der Waals surface area contributed by atoms with Gasteiger partial charge >= 0.3 is 0 Å². The Kier molecular flexibility index (Phi) is 6.26. The Balaban J connectivity index is 1.57. The molecule has 2 unspecified atom stereocenters. The number of morpholine rings is 1. The van der Waals surface area contributed by atoms with Crippen molar-refractivity contribution in [3.63, 3.8) is 0 Å². The predicted molar refractivity (Wildman–Crippen MR) is 97.5 cm³/mol. The summed E-state index contributed by atoms with van der Waals surface area (Å²) in [7, 11) is 0. The largest absolute Gasteiger partial charge is 0.378 e. The first kappa shape index (κ1) is 18.8. The molecule has 2 fully saturated rings. The first-order chi connectivity index (χ1) is 12.5. The molecule has 0 aliphatic carbocycles. The van der Waals surface area contributed by atoms with E-state index in [1.54, 1.807) is 0 Å². The lowest BCUT2D eigenvalue weighted by molar-refractivity contribution is -0.122. The predicted octanol–water partition coefficient (Wildman–Crippen LogP) is 0.531. The number of hydrogen-bond acceptors (Lipinski definition) is 6. The second-order valence-corrected chi connectivity index (χ2v) is 6.96. The second kappa shape index (κ2) is 8.64. The molecule has 2 aliphatic heterocycles. The number of hydrogen-bond donors (Lipinski definition) is 2. The van der Waals surface area contributed by atoms with E-state index < -0.39 is 0 Å². The van der Waals surface area contributed by atoms with Crippen LogP contribution in [0.1, 0.15) is 37.4 Å². The van der Waals surface area contributed by atoms with Gasteiger partial charge in [-0.15, -0.1) is 0 Å². The summed E-state index contributed by atoms with van der Waals surface area (Å²) in [4.78, 5) is 34.0. The topological polar surface area (TPSA) is 96.6 Å². The van der Waals surface area contributed by atoms with Gasteiger partial charge in [0.2, 0.25) is 11.9 Å². The highest BCUT2D eigenvalue weighted by atomic mass is 16.5. The van der Waals surface area contributed by atoms with Crippen LogP contribution < -0.4 is 15.8 Å². The van der Waals surface area contributed by atoms with Crippen molar-refractivity contribution in [3.8, 4) is 0 Å². The summed E-state index contributed by atoms with van der Waals surface area (Å²) in [5.74, 6) is 0.514. The first-order valence-corrected chi connectivity index (χ1v) is 9.38. The molecular formula is C18H28N4O4. The molecular weight excluding hydrogens is 336 g/mol. The van der Waals surface area contributed by atoms with Gasteiger partial charge in [0.1, 0.15) is 0 Å². The van der Waals surface area contributed by atoms with Crippen molar-refractivity contribution in [2.24, 2.45) is 0 Å². The minimum atomic E-state index is -0.168. The lowest BCUT2D eigenvalue weighted by Gasteiger charge is -2.27. The normalized spacial score (nSPS) is 21.6. The van der Waals surface area contributed by atoms with Crippen molar-refractivity contribution in [1.29, 1.82) is 0 Å². The molecule has 1 aromatic rings. The van der Waals surface area contributed by atoms with Crippen LogP contribution in [-0.2, 0) is 20.7 Å². The Morgan fingerprint density at radius 3 is 2.81 bits per heavy atom. The minimum absolute atomic E-state index is 0.00815. The number of aromatic nitrogens is 2. The molecule has 144 valence electrons. The Morgan fingerprint density at radius 1 is 1.38 bits per heavy atom. The average molecular weight is 364 g/mol. The fraction of sp³-hybridized carbons (Fsp3) is 0.722. The van der Waals surface area contributed by atoms with E-state index in [9.17, 15) is 9.59 Å².